The molecule has 6 nitrogen and oxygen atoms in total. The van der Waals surface area contributed by atoms with E-state index in [1.54, 1.807) is 6.07 Å². The molecule has 0 saturated heterocycles. The summed E-state index contributed by atoms with van der Waals surface area (Å²) in [6.45, 7) is 0.464. The Morgan fingerprint density at radius 1 is 1.47 bits per heavy atom. The molecule has 1 aliphatic rings. The number of nitrogens with two attached hydrogens (primary N) is 1. The van der Waals surface area contributed by atoms with Gasteiger partial charge in [0.05, 0.1) is 13.2 Å². The second-order valence-corrected chi connectivity index (χ2v) is 5.90. The van der Waals surface area contributed by atoms with E-state index in [-0.39, 0.29) is 17.2 Å². The highest BCUT2D eigenvalue weighted by Crippen LogP contribution is 2.31. The Balaban J connectivity index is 1.98. The molecule has 1 aromatic rings. The van der Waals surface area contributed by atoms with E-state index >= 15 is 0 Å². The summed E-state index contributed by atoms with van der Waals surface area (Å²) in [5, 5.41) is 17.1. The molecule has 0 atom stereocenters. The third-order valence-electron chi connectivity index (χ3n) is 3.17. The maximum Gasteiger partial charge on any atom is 0.271 e. The Morgan fingerprint density at radius 2 is 2.18 bits per heavy atom. The van der Waals surface area contributed by atoms with Gasteiger partial charge in [0.1, 0.15) is 5.76 Å². The lowest BCUT2D eigenvalue weighted by molar-refractivity contribution is 0.0849. The minimum Gasteiger partial charge on any atom is -0.447 e. The Morgan fingerprint density at radius 3 is 2.59 bits per heavy atom. The van der Waals surface area contributed by atoms with Crippen molar-refractivity contribution < 1.29 is 17.9 Å². The summed E-state index contributed by atoms with van der Waals surface area (Å²) in [5.74, 6) is 0.494. The van der Waals surface area contributed by atoms with Gasteiger partial charge in [-0.25, -0.2) is 13.6 Å². The minimum atomic E-state index is -3.78. The van der Waals surface area contributed by atoms with Crippen LogP contribution >= 0.6 is 0 Å². The van der Waals surface area contributed by atoms with Crippen LogP contribution in [-0.2, 0) is 16.6 Å². The van der Waals surface area contributed by atoms with Crippen molar-refractivity contribution in [1.29, 1.82) is 0 Å². The van der Waals surface area contributed by atoms with Gasteiger partial charge in [-0.3, -0.25) is 0 Å². The maximum atomic E-state index is 11.0. The highest BCUT2D eigenvalue weighted by Gasteiger charge is 2.35. The van der Waals surface area contributed by atoms with E-state index < -0.39 is 10.0 Å². The van der Waals surface area contributed by atoms with Crippen LogP contribution in [-0.4, -0.2) is 25.7 Å². The molecule has 1 fully saturated rings. The molecule has 1 aromatic heterocycles. The Kier molecular flexibility index (Phi) is 3.26. The summed E-state index contributed by atoms with van der Waals surface area (Å²) in [4.78, 5) is 0. The Labute approximate surface area is 99.9 Å². The van der Waals surface area contributed by atoms with Crippen LogP contribution in [0.15, 0.2) is 21.6 Å². The average Bonchev–Trinajstić information content (AvgIpc) is 2.65. The van der Waals surface area contributed by atoms with Crippen molar-refractivity contribution in [2.75, 3.05) is 6.61 Å². The number of hydrogen-bond acceptors (Lipinski definition) is 5. The highest BCUT2D eigenvalue weighted by atomic mass is 32.2. The summed E-state index contributed by atoms with van der Waals surface area (Å²) in [7, 11) is -3.78. The first-order valence-corrected chi connectivity index (χ1v) is 6.97. The van der Waals surface area contributed by atoms with E-state index in [2.05, 4.69) is 5.32 Å². The average molecular weight is 260 g/mol. The van der Waals surface area contributed by atoms with Crippen molar-refractivity contribution in [2.45, 2.75) is 36.4 Å². The molecule has 0 aromatic carbocycles. The lowest BCUT2D eigenvalue weighted by Crippen LogP contribution is -2.53. The normalized spacial score (nSPS) is 18.9. The van der Waals surface area contributed by atoms with Crippen LogP contribution in [0, 0.1) is 0 Å². The summed E-state index contributed by atoms with van der Waals surface area (Å²) < 4.78 is 27.1. The number of furan rings is 1. The minimum absolute atomic E-state index is 0.0791. The van der Waals surface area contributed by atoms with E-state index in [1.165, 1.54) is 6.07 Å². The zero-order valence-corrected chi connectivity index (χ0v) is 10.2. The topological polar surface area (TPSA) is 106 Å². The predicted molar refractivity (Wildman–Crippen MR) is 60.6 cm³/mol. The molecule has 0 radical (unpaired) electrons. The number of nitrogens with one attached hydrogen (secondary N) is 1. The molecular weight excluding hydrogens is 244 g/mol. The molecule has 0 bridgehead atoms. The molecule has 1 heterocycles. The standard InChI is InChI=1S/C10H16N2O4S/c11-17(14,15)9-3-2-8(16-9)6-12-10(7-13)4-1-5-10/h2-3,12-13H,1,4-7H2,(H2,11,14,15). The van der Waals surface area contributed by atoms with Gasteiger partial charge in [-0.15, -0.1) is 0 Å². The number of aliphatic hydroxyl groups is 1. The SMILES string of the molecule is NS(=O)(=O)c1ccc(CNC2(CO)CCC2)o1. The summed E-state index contributed by atoms with van der Waals surface area (Å²) >= 11 is 0. The first-order chi connectivity index (χ1) is 7.95. The molecule has 0 aliphatic heterocycles. The van der Waals surface area contributed by atoms with Crippen molar-refractivity contribution >= 4 is 10.0 Å². The third-order valence-corrected chi connectivity index (χ3v) is 3.95. The number of hydrogen-bond donors (Lipinski definition) is 3. The predicted octanol–water partition coefficient (Wildman–Crippen LogP) is -0.0684. The number of sulfonamides is 1. The van der Waals surface area contributed by atoms with Gasteiger partial charge < -0.3 is 14.8 Å². The molecule has 0 unspecified atom stereocenters. The van der Waals surface area contributed by atoms with E-state index in [4.69, 9.17) is 9.56 Å². The van der Waals surface area contributed by atoms with Crippen LogP contribution < -0.4 is 10.5 Å². The van der Waals surface area contributed by atoms with E-state index in [0.29, 0.717) is 12.3 Å². The number of primary sulfonamides is 1. The smallest absolute Gasteiger partial charge is 0.271 e. The molecule has 4 N–H and O–H groups in total. The zero-order valence-electron chi connectivity index (χ0n) is 9.35. The second kappa shape index (κ2) is 4.41. The lowest BCUT2D eigenvalue weighted by Gasteiger charge is -2.41. The molecule has 1 aliphatic carbocycles. The summed E-state index contributed by atoms with van der Waals surface area (Å²) in [6, 6.07) is 2.90. The van der Waals surface area contributed by atoms with Gasteiger partial charge >= 0.3 is 0 Å². The van der Waals surface area contributed by atoms with Crippen LogP contribution in [0.4, 0.5) is 0 Å². The molecule has 17 heavy (non-hydrogen) atoms. The second-order valence-electron chi connectivity index (χ2n) is 4.41. The first-order valence-electron chi connectivity index (χ1n) is 5.43. The van der Waals surface area contributed by atoms with Crippen molar-refractivity contribution in [3.05, 3.63) is 17.9 Å². The van der Waals surface area contributed by atoms with Crippen LogP contribution in [0.2, 0.25) is 0 Å². The fourth-order valence-corrected chi connectivity index (χ4v) is 2.36. The van der Waals surface area contributed by atoms with Gasteiger partial charge in [-0.05, 0) is 31.4 Å². The van der Waals surface area contributed by atoms with Crippen molar-refractivity contribution in [2.24, 2.45) is 5.14 Å². The highest BCUT2D eigenvalue weighted by molar-refractivity contribution is 7.89. The molecule has 7 heteroatoms. The van der Waals surface area contributed by atoms with Crippen molar-refractivity contribution in [1.82, 2.24) is 5.32 Å². The number of aliphatic hydroxyl groups excluding tert-OH is 1. The van der Waals surface area contributed by atoms with E-state index in [1.807, 2.05) is 0 Å². The van der Waals surface area contributed by atoms with Crippen LogP contribution in [0.3, 0.4) is 0 Å². The van der Waals surface area contributed by atoms with Gasteiger partial charge in [0.15, 0.2) is 0 Å². The zero-order chi connectivity index (χ0) is 12.5. The number of rotatable bonds is 5. The lowest BCUT2D eigenvalue weighted by atomic mass is 9.77. The van der Waals surface area contributed by atoms with Crippen LogP contribution in [0.1, 0.15) is 25.0 Å². The fourth-order valence-electron chi connectivity index (χ4n) is 1.88. The van der Waals surface area contributed by atoms with E-state index in [9.17, 15) is 13.5 Å². The fraction of sp³-hybridized carbons (Fsp3) is 0.600. The van der Waals surface area contributed by atoms with Gasteiger partial charge in [0, 0.05) is 5.54 Å². The maximum absolute atomic E-state index is 11.0. The van der Waals surface area contributed by atoms with Crippen LogP contribution in [0.5, 0.6) is 0 Å². The quantitative estimate of drug-likeness (QED) is 0.687. The van der Waals surface area contributed by atoms with Gasteiger partial charge in [0.25, 0.3) is 10.0 Å². The van der Waals surface area contributed by atoms with Crippen LogP contribution in [0.25, 0.3) is 0 Å². The summed E-state index contributed by atoms with van der Waals surface area (Å²) in [6.07, 6.45) is 2.94. The molecular formula is C10H16N2O4S. The van der Waals surface area contributed by atoms with Gasteiger partial charge in [0.2, 0.25) is 5.09 Å². The van der Waals surface area contributed by atoms with Gasteiger partial charge in [-0.2, -0.15) is 0 Å². The summed E-state index contributed by atoms with van der Waals surface area (Å²) in [5.41, 5.74) is -0.228. The molecule has 0 spiro atoms. The van der Waals surface area contributed by atoms with Crippen molar-refractivity contribution in [3.63, 3.8) is 0 Å². The van der Waals surface area contributed by atoms with Crippen molar-refractivity contribution in [3.8, 4) is 0 Å². The Bertz CT molecular complexity index is 485. The molecule has 0 amide bonds. The largest absolute Gasteiger partial charge is 0.447 e. The Hall–Kier alpha value is -0.890. The molecule has 2 rings (SSSR count). The first kappa shape index (κ1) is 12.6. The molecule has 1 saturated carbocycles. The van der Waals surface area contributed by atoms with Gasteiger partial charge in [-0.1, -0.05) is 0 Å². The third kappa shape index (κ3) is 2.68. The molecule has 96 valence electrons. The van der Waals surface area contributed by atoms with E-state index in [0.717, 1.165) is 19.3 Å². The monoisotopic (exact) mass is 260 g/mol.